The molecule has 3 unspecified atom stereocenters. The summed E-state index contributed by atoms with van der Waals surface area (Å²) in [6, 6.07) is 4.80. The molecule has 3 aliphatic rings. The zero-order valence-electron chi connectivity index (χ0n) is 12.2. The van der Waals surface area contributed by atoms with Gasteiger partial charge in [0.05, 0.1) is 0 Å². The van der Waals surface area contributed by atoms with E-state index in [2.05, 4.69) is 36.2 Å². The van der Waals surface area contributed by atoms with Crippen LogP contribution in [-0.2, 0) is 4.79 Å². The number of hydrogen-bond donors (Lipinski definition) is 1. The predicted molar refractivity (Wildman–Crippen MR) is 80.5 cm³/mol. The summed E-state index contributed by atoms with van der Waals surface area (Å²) in [5.74, 6) is 1.13. The van der Waals surface area contributed by atoms with Crippen molar-refractivity contribution >= 4 is 17.2 Å². The molecule has 108 valence electrons. The summed E-state index contributed by atoms with van der Waals surface area (Å²) in [6.07, 6.45) is 5.77. The van der Waals surface area contributed by atoms with Crippen molar-refractivity contribution < 1.29 is 4.79 Å². The topological polar surface area (TPSA) is 32.3 Å². The maximum Gasteiger partial charge on any atom is 0.244 e. The Morgan fingerprint density at radius 2 is 2.15 bits per heavy atom. The molecule has 1 amide bonds. The fraction of sp³-hybridized carbons (Fsp3) is 0.688. The SMILES string of the molecule is Cc1ccc(C2NC3(CC3)C(=O)N2C2CCC(C)C2)s1. The Morgan fingerprint density at radius 3 is 2.70 bits per heavy atom. The number of amides is 1. The van der Waals surface area contributed by atoms with Crippen LogP contribution in [0, 0.1) is 12.8 Å². The Balaban J connectivity index is 1.67. The lowest BCUT2D eigenvalue weighted by atomic mass is 10.1. The molecule has 2 aliphatic carbocycles. The highest BCUT2D eigenvalue weighted by Gasteiger charge is 2.61. The van der Waals surface area contributed by atoms with Crippen LogP contribution in [0.2, 0.25) is 0 Å². The van der Waals surface area contributed by atoms with E-state index in [1.54, 1.807) is 0 Å². The Hall–Kier alpha value is -0.870. The Labute approximate surface area is 124 Å². The second-order valence-electron chi connectivity index (χ2n) is 6.86. The van der Waals surface area contributed by atoms with Gasteiger partial charge in [0.25, 0.3) is 0 Å². The first-order valence-corrected chi connectivity index (χ1v) is 8.57. The van der Waals surface area contributed by atoms with Gasteiger partial charge < -0.3 is 4.90 Å². The van der Waals surface area contributed by atoms with Crippen LogP contribution < -0.4 is 5.32 Å². The summed E-state index contributed by atoms with van der Waals surface area (Å²) < 4.78 is 0. The zero-order chi connectivity index (χ0) is 13.9. The average Bonchev–Trinajstić information content (AvgIpc) is 2.73. The molecule has 3 fully saturated rings. The number of carbonyl (C=O) groups excluding carboxylic acids is 1. The predicted octanol–water partition coefficient (Wildman–Crippen LogP) is 3.21. The van der Waals surface area contributed by atoms with Crippen molar-refractivity contribution in [3.63, 3.8) is 0 Å². The van der Waals surface area contributed by atoms with Gasteiger partial charge in [0.15, 0.2) is 0 Å². The van der Waals surface area contributed by atoms with Crippen molar-refractivity contribution in [3.8, 4) is 0 Å². The first kappa shape index (κ1) is 12.8. The van der Waals surface area contributed by atoms with E-state index < -0.39 is 0 Å². The van der Waals surface area contributed by atoms with Crippen molar-refractivity contribution in [1.29, 1.82) is 0 Å². The number of hydrogen-bond acceptors (Lipinski definition) is 3. The fourth-order valence-electron chi connectivity index (χ4n) is 3.86. The molecule has 0 radical (unpaired) electrons. The van der Waals surface area contributed by atoms with Crippen molar-refractivity contribution in [2.75, 3.05) is 0 Å². The number of nitrogens with one attached hydrogen (secondary N) is 1. The molecular formula is C16H22N2OS. The minimum Gasteiger partial charge on any atom is -0.317 e. The average molecular weight is 290 g/mol. The minimum absolute atomic E-state index is 0.124. The zero-order valence-corrected chi connectivity index (χ0v) is 13.0. The van der Waals surface area contributed by atoms with Gasteiger partial charge in [-0.3, -0.25) is 10.1 Å². The third-order valence-corrected chi connectivity index (χ3v) is 6.23. The summed E-state index contributed by atoms with van der Waals surface area (Å²) in [5.41, 5.74) is -0.200. The maximum atomic E-state index is 12.8. The van der Waals surface area contributed by atoms with Crippen LogP contribution in [-0.4, -0.2) is 22.4 Å². The van der Waals surface area contributed by atoms with Crippen molar-refractivity contribution in [3.05, 3.63) is 21.9 Å². The van der Waals surface area contributed by atoms with Crippen LogP contribution in [0.25, 0.3) is 0 Å². The van der Waals surface area contributed by atoms with Crippen molar-refractivity contribution in [1.82, 2.24) is 10.2 Å². The minimum atomic E-state index is -0.200. The molecule has 4 heteroatoms. The van der Waals surface area contributed by atoms with Crippen LogP contribution in [0.3, 0.4) is 0 Å². The molecule has 4 rings (SSSR count). The van der Waals surface area contributed by atoms with Gasteiger partial charge in [0, 0.05) is 15.8 Å². The number of rotatable bonds is 2. The second-order valence-corrected chi connectivity index (χ2v) is 8.18. The van der Waals surface area contributed by atoms with Gasteiger partial charge >= 0.3 is 0 Å². The maximum absolute atomic E-state index is 12.8. The quantitative estimate of drug-likeness (QED) is 0.907. The van der Waals surface area contributed by atoms with E-state index in [0.29, 0.717) is 11.9 Å². The van der Waals surface area contributed by atoms with E-state index in [9.17, 15) is 4.79 Å². The van der Waals surface area contributed by atoms with Gasteiger partial charge in [-0.1, -0.05) is 6.92 Å². The molecule has 2 saturated carbocycles. The lowest BCUT2D eigenvalue weighted by Gasteiger charge is -2.29. The first-order chi connectivity index (χ1) is 9.59. The van der Waals surface area contributed by atoms with E-state index in [1.807, 2.05) is 11.3 Å². The van der Waals surface area contributed by atoms with E-state index >= 15 is 0 Å². The van der Waals surface area contributed by atoms with E-state index in [1.165, 1.54) is 29.0 Å². The number of nitrogens with zero attached hydrogens (tertiary/aromatic N) is 1. The Morgan fingerprint density at radius 1 is 1.35 bits per heavy atom. The summed E-state index contributed by atoms with van der Waals surface area (Å²) in [4.78, 5) is 17.7. The van der Waals surface area contributed by atoms with Crippen LogP contribution >= 0.6 is 11.3 Å². The van der Waals surface area contributed by atoms with Crippen molar-refractivity contribution in [2.24, 2.45) is 5.92 Å². The van der Waals surface area contributed by atoms with Gasteiger partial charge in [0.2, 0.25) is 5.91 Å². The molecule has 0 bridgehead atoms. The highest BCUT2D eigenvalue weighted by atomic mass is 32.1. The summed E-state index contributed by atoms with van der Waals surface area (Å²) in [7, 11) is 0. The number of carbonyl (C=O) groups is 1. The van der Waals surface area contributed by atoms with E-state index in [-0.39, 0.29) is 11.7 Å². The van der Waals surface area contributed by atoms with Crippen LogP contribution in [0.4, 0.5) is 0 Å². The molecule has 1 N–H and O–H groups in total. The van der Waals surface area contributed by atoms with Gasteiger partial charge in [-0.05, 0) is 57.1 Å². The summed E-state index contributed by atoms with van der Waals surface area (Å²) >= 11 is 1.82. The lowest BCUT2D eigenvalue weighted by Crippen LogP contribution is -2.39. The molecule has 1 spiro atoms. The summed E-state index contributed by atoms with van der Waals surface area (Å²) in [5, 5.41) is 3.65. The lowest BCUT2D eigenvalue weighted by molar-refractivity contribution is -0.133. The standard InChI is InChI=1S/C16H22N2OS/c1-10-3-5-12(9-10)18-14(13-6-4-11(2)20-13)17-16(7-8-16)15(18)19/h4,6,10,12,14,17H,3,5,7-9H2,1-2H3. The third kappa shape index (κ3) is 1.85. The first-order valence-electron chi connectivity index (χ1n) is 7.76. The van der Waals surface area contributed by atoms with Crippen LogP contribution in [0.1, 0.15) is 54.9 Å². The molecule has 3 nitrogen and oxygen atoms in total. The number of thiophene rings is 1. The third-order valence-electron chi connectivity index (χ3n) is 5.18. The highest BCUT2D eigenvalue weighted by molar-refractivity contribution is 7.12. The second kappa shape index (κ2) is 4.31. The Bertz CT molecular complexity index is 548. The fourth-order valence-corrected chi connectivity index (χ4v) is 4.78. The normalized spacial score (nSPS) is 35.2. The summed E-state index contributed by atoms with van der Waals surface area (Å²) in [6.45, 7) is 4.45. The van der Waals surface area contributed by atoms with Crippen LogP contribution in [0.15, 0.2) is 12.1 Å². The molecular weight excluding hydrogens is 268 g/mol. The molecule has 20 heavy (non-hydrogen) atoms. The highest BCUT2D eigenvalue weighted by Crippen LogP contribution is 2.49. The van der Waals surface area contributed by atoms with Gasteiger partial charge in [-0.15, -0.1) is 11.3 Å². The number of aryl methyl sites for hydroxylation is 1. The van der Waals surface area contributed by atoms with Crippen molar-refractivity contribution in [2.45, 2.75) is 63.7 Å². The molecule has 1 aliphatic heterocycles. The van der Waals surface area contributed by atoms with Crippen LogP contribution in [0.5, 0.6) is 0 Å². The molecule has 1 aromatic heterocycles. The molecule has 1 saturated heterocycles. The van der Waals surface area contributed by atoms with Gasteiger partial charge in [0.1, 0.15) is 11.7 Å². The largest absolute Gasteiger partial charge is 0.317 e. The van der Waals surface area contributed by atoms with E-state index in [4.69, 9.17) is 0 Å². The molecule has 3 atom stereocenters. The Kier molecular flexibility index (Phi) is 2.77. The monoisotopic (exact) mass is 290 g/mol. The molecule has 1 aromatic rings. The van der Waals surface area contributed by atoms with Gasteiger partial charge in [-0.2, -0.15) is 0 Å². The van der Waals surface area contributed by atoms with Gasteiger partial charge in [-0.25, -0.2) is 0 Å². The van der Waals surface area contributed by atoms with E-state index in [0.717, 1.165) is 18.8 Å². The molecule has 0 aromatic carbocycles. The molecule has 2 heterocycles. The smallest absolute Gasteiger partial charge is 0.244 e.